The molecular formula is C17H31BrO. The summed E-state index contributed by atoms with van der Waals surface area (Å²) in [6, 6.07) is 0. The molecule has 0 heterocycles. The normalized spacial score (nSPS) is 40.3. The zero-order valence-corrected chi connectivity index (χ0v) is 14.4. The molecule has 2 unspecified atom stereocenters. The Hall–Kier alpha value is 0.440. The molecule has 2 aliphatic carbocycles. The van der Waals surface area contributed by atoms with Gasteiger partial charge in [0.05, 0.1) is 12.2 Å². The highest BCUT2D eigenvalue weighted by Gasteiger charge is 2.35. The van der Waals surface area contributed by atoms with E-state index in [1.165, 1.54) is 57.8 Å². The van der Waals surface area contributed by atoms with Crippen molar-refractivity contribution in [3.8, 4) is 0 Å². The molecule has 112 valence electrons. The molecule has 19 heavy (non-hydrogen) atoms. The molecule has 0 amide bonds. The van der Waals surface area contributed by atoms with Crippen LogP contribution in [0.2, 0.25) is 0 Å². The molecule has 2 heteroatoms. The van der Waals surface area contributed by atoms with E-state index in [1.54, 1.807) is 0 Å². The van der Waals surface area contributed by atoms with Crippen molar-refractivity contribution >= 4 is 15.9 Å². The smallest absolute Gasteiger partial charge is 0.0779 e. The van der Waals surface area contributed by atoms with Crippen LogP contribution < -0.4 is 0 Å². The van der Waals surface area contributed by atoms with Gasteiger partial charge in [-0.3, -0.25) is 0 Å². The molecule has 2 rings (SSSR count). The molecule has 0 N–H and O–H groups in total. The van der Waals surface area contributed by atoms with E-state index in [0.717, 1.165) is 29.7 Å². The van der Waals surface area contributed by atoms with Crippen molar-refractivity contribution in [1.29, 1.82) is 0 Å². The number of halogens is 1. The van der Waals surface area contributed by atoms with Crippen LogP contribution in [0.15, 0.2) is 0 Å². The van der Waals surface area contributed by atoms with E-state index in [9.17, 15) is 0 Å². The van der Waals surface area contributed by atoms with Crippen molar-refractivity contribution < 1.29 is 4.74 Å². The third-order valence-electron chi connectivity index (χ3n) is 5.51. The van der Waals surface area contributed by atoms with Crippen LogP contribution in [0.5, 0.6) is 0 Å². The van der Waals surface area contributed by atoms with Gasteiger partial charge in [-0.25, -0.2) is 0 Å². The second-order valence-electron chi connectivity index (χ2n) is 7.12. The molecule has 0 spiro atoms. The topological polar surface area (TPSA) is 9.23 Å². The quantitative estimate of drug-likeness (QED) is 0.599. The van der Waals surface area contributed by atoms with Gasteiger partial charge in [-0.1, -0.05) is 49.0 Å². The van der Waals surface area contributed by atoms with E-state index in [-0.39, 0.29) is 5.60 Å². The molecule has 0 saturated heterocycles. The lowest BCUT2D eigenvalue weighted by atomic mass is 9.78. The van der Waals surface area contributed by atoms with Crippen LogP contribution in [0.1, 0.15) is 71.6 Å². The molecule has 2 aliphatic rings. The van der Waals surface area contributed by atoms with Crippen molar-refractivity contribution in [1.82, 2.24) is 0 Å². The van der Waals surface area contributed by atoms with Crippen LogP contribution in [0.25, 0.3) is 0 Å². The van der Waals surface area contributed by atoms with E-state index in [0.29, 0.717) is 0 Å². The van der Waals surface area contributed by atoms with Crippen LogP contribution in [0.4, 0.5) is 0 Å². The molecule has 0 aromatic rings. The summed E-state index contributed by atoms with van der Waals surface area (Å²) in [5.74, 6) is 2.69. The highest BCUT2D eigenvalue weighted by molar-refractivity contribution is 9.09. The summed E-state index contributed by atoms with van der Waals surface area (Å²) in [5, 5.41) is 1.03. The molecular weight excluding hydrogens is 300 g/mol. The van der Waals surface area contributed by atoms with Crippen LogP contribution in [0, 0.1) is 17.8 Å². The first-order chi connectivity index (χ1) is 9.17. The van der Waals surface area contributed by atoms with Gasteiger partial charge in [0.25, 0.3) is 0 Å². The first-order valence-corrected chi connectivity index (χ1v) is 9.49. The first-order valence-electron chi connectivity index (χ1n) is 8.37. The number of hydrogen-bond donors (Lipinski definition) is 0. The van der Waals surface area contributed by atoms with Crippen molar-refractivity contribution in [2.24, 2.45) is 17.8 Å². The van der Waals surface area contributed by atoms with E-state index < -0.39 is 0 Å². The Labute approximate surface area is 128 Å². The average molecular weight is 331 g/mol. The summed E-state index contributed by atoms with van der Waals surface area (Å²) in [6.07, 6.45) is 12.2. The molecule has 0 bridgehead atoms. The van der Waals surface area contributed by atoms with Gasteiger partial charge in [-0.05, 0) is 56.3 Å². The summed E-state index contributed by atoms with van der Waals surface area (Å²) in [7, 11) is 0. The van der Waals surface area contributed by atoms with Gasteiger partial charge in [-0.2, -0.15) is 0 Å². The van der Waals surface area contributed by atoms with Crippen molar-refractivity contribution in [2.75, 3.05) is 11.9 Å². The maximum atomic E-state index is 6.45. The van der Waals surface area contributed by atoms with Crippen molar-refractivity contribution in [3.63, 3.8) is 0 Å². The summed E-state index contributed by atoms with van der Waals surface area (Å²) >= 11 is 3.72. The zero-order chi connectivity index (χ0) is 13.7. The summed E-state index contributed by atoms with van der Waals surface area (Å²) < 4.78 is 6.45. The van der Waals surface area contributed by atoms with Crippen LogP contribution in [-0.2, 0) is 4.74 Å². The third-order valence-corrected chi connectivity index (χ3v) is 6.53. The summed E-state index contributed by atoms with van der Waals surface area (Å²) in [4.78, 5) is 0. The maximum Gasteiger partial charge on any atom is 0.0779 e. The number of hydrogen-bond acceptors (Lipinski definition) is 1. The minimum Gasteiger partial charge on any atom is -0.374 e. The maximum absolute atomic E-state index is 6.45. The van der Waals surface area contributed by atoms with Crippen LogP contribution >= 0.6 is 15.9 Å². The predicted molar refractivity (Wildman–Crippen MR) is 85.8 cm³/mol. The largest absolute Gasteiger partial charge is 0.374 e. The second kappa shape index (κ2) is 7.45. The minimum absolute atomic E-state index is 0.159. The highest BCUT2D eigenvalue weighted by atomic mass is 79.9. The first kappa shape index (κ1) is 15.8. The molecule has 2 saturated carbocycles. The fourth-order valence-corrected chi connectivity index (χ4v) is 4.66. The van der Waals surface area contributed by atoms with Gasteiger partial charge in [0, 0.05) is 5.33 Å². The Bertz CT molecular complexity index is 258. The summed E-state index contributed by atoms with van der Waals surface area (Å²) in [5.41, 5.74) is 0.159. The van der Waals surface area contributed by atoms with E-state index >= 15 is 0 Å². The lowest BCUT2D eigenvalue weighted by Gasteiger charge is -2.40. The van der Waals surface area contributed by atoms with Crippen LogP contribution in [-0.4, -0.2) is 17.5 Å². The van der Waals surface area contributed by atoms with Gasteiger partial charge in [0.2, 0.25) is 0 Å². The number of ether oxygens (including phenoxy) is 1. The fraction of sp³-hybridized carbons (Fsp3) is 1.00. The third kappa shape index (κ3) is 4.46. The lowest BCUT2D eigenvalue weighted by Crippen LogP contribution is -2.40. The Morgan fingerprint density at radius 1 is 1.11 bits per heavy atom. The van der Waals surface area contributed by atoms with E-state index in [2.05, 4.69) is 29.8 Å². The second-order valence-corrected chi connectivity index (χ2v) is 7.68. The number of alkyl halides is 1. The molecule has 1 nitrogen and oxygen atoms in total. The molecule has 2 atom stereocenters. The lowest BCUT2D eigenvalue weighted by molar-refractivity contribution is -0.0790. The summed E-state index contributed by atoms with van der Waals surface area (Å²) in [6.45, 7) is 5.74. The Morgan fingerprint density at radius 2 is 1.84 bits per heavy atom. The van der Waals surface area contributed by atoms with Crippen LogP contribution in [0.3, 0.4) is 0 Å². The minimum atomic E-state index is 0.159. The Balaban J connectivity index is 1.79. The monoisotopic (exact) mass is 330 g/mol. The molecule has 0 radical (unpaired) electrons. The molecule has 0 aromatic heterocycles. The zero-order valence-electron chi connectivity index (χ0n) is 12.8. The molecule has 2 fully saturated rings. The van der Waals surface area contributed by atoms with Crippen molar-refractivity contribution in [2.45, 2.75) is 77.2 Å². The SMILES string of the molecule is CCC1CCC(CBr)(OCC2CCCC(C)C2)CC1. The fourth-order valence-electron chi connectivity index (χ4n) is 3.93. The van der Waals surface area contributed by atoms with Crippen molar-refractivity contribution in [3.05, 3.63) is 0 Å². The molecule has 0 aliphatic heterocycles. The Morgan fingerprint density at radius 3 is 2.42 bits per heavy atom. The van der Waals surface area contributed by atoms with E-state index in [1.807, 2.05) is 0 Å². The van der Waals surface area contributed by atoms with E-state index in [4.69, 9.17) is 4.74 Å². The van der Waals surface area contributed by atoms with Gasteiger partial charge >= 0.3 is 0 Å². The Kier molecular flexibility index (Phi) is 6.20. The van der Waals surface area contributed by atoms with Gasteiger partial charge < -0.3 is 4.74 Å². The molecule has 0 aromatic carbocycles. The standard InChI is InChI=1S/C17H31BrO/c1-3-15-7-9-17(13-18,10-8-15)19-12-16-6-4-5-14(2)11-16/h14-16H,3-13H2,1-2H3. The average Bonchev–Trinajstić information content (AvgIpc) is 2.46. The predicted octanol–water partition coefficient (Wildman–Crippen LogP) is 5.56. The van der Waals surface area contributed by atoms with Gasteiger partial charge in [-0.15, -0.1) is 0 Å². The highest BCUT2D eigenvalue weighted by Crippen LogP contribution is 2.39. The van der Waals surface area contributed by atoms with Gasteiger partial charge in [0.1, 0.15) is 0 Å². The van der Waals surface area contributed by atoms with Gasteiger partial charge in [0.15, 0.2) is 0 Å². The number of rotatable bonds is 5.